The highest BCUT2D eigenvalue weighted by Crippen LogP contribution is 2.26. The van der Waals surface area contributed by atoms with Gasteiger partial charge in [-0.25, -0.2) is 9.97 Å². The van der Waals surface area contributed by atoms with E-state index >= 15 is 0 Å². The summed E-state index contributed by atoms with van der Waals surface area (Å²) in [6.45, 7) is 0.719. The van der Waals surface area contributed by atoms with Crippen molar-refractivity contribution in [3.63, 3.8) is 0 Å². The quantitative estimate of drug-likeness (QED) is 0.297. The predicted molar refractivity (Wildman–Crippen MR) is 112 cm³/mol. The van der Waals surface area contributed by atoms with Crippen LogP contribution in [0.3, 0.4) is 0 Å². The van der Waals surface area contributed by atoms with Crippen LogP contribution in [0, 0.1) is 10.1 Å². The number of hydrogen-bond donors (Lipinski definition) is 2. The van der Waals surface area contributed by atoms with Crippen LogP contribution in [0.1, 0.15) is 11.1 Å². The maximum absolute atomic E-state index is 11.2. The topological polar surface area (TPSA) is 124 Å². The van der Waals surface area contributed by atoms with Crippen molar-refractivity contribution in [2.75, 3.05) is 11.2 Å². The van der Waals surface area contributed by atoms with Gasteiger partial charge in [-0.05, 0) is 11.6 Å². The second kappa shape index (κ2) is 7.77. The Morgan fingerprint density at radius 1 is 1.14 bits per heavy atom. The van der Waals surface area contributed by atoms with Gasteiger partial charge in [0.05, 0.1) is 11.1 Å². The Bertz CT molecular complexity index is 1200. The van der Waals surface area contributed by atoms with Crippen molar-refractivity contribution < 1.29 is 4.92 Å². The van der Waals surface area contributed by atoms with E-state index in [0.29, 0.717) is 0 Å². The van der Waals surface area contributed by atoms with Crippen molar-refractivity contribution in [3.05, 3.63) is 88.4 Å². The molecule has 144 valence electrons. The Labute approximate surface area is 165 Å². The summed E-state index contributed by atoms with van der Waals surface area (Å²) < 4.78 is 2.14. The molecule has 29 heavy (non-hydrogen) atoms. The molecule has 0 aliphatic carbocycles. The molecule has 0 fully saturated rings. The SMILES string of the molecule is Nc1ncnc(N/N=C\c2cn(Cc3ccccc3)c3ccccc23)c1[N+](=O)[O-]. The highest BCUT2D eigenvalue weighted by atomic mass is 16.6. The van der Waals surface area contributed by atoms with Crippen LogP contribution in [0.25, 0.3) is 10.9 Å². The summed E-state index contributed by atoms with van der Waals surface area (Å²) in [5.41, 5.74) is 10.9. The first kappa shape index (κ1) is 18.1. The number of hydrazone groups is 1. The number of hydrogen-bond acceptors (Lipinski definition) is 7. The number of para-hydroxylation sites is 1. The van der Waals surface area contributed by atoms with Crippen molar-refractivity contribution >= 4 is 34.4 Å². The number of nitrogen functional groups attached to an aromatic ring is 1. The Morgan fingerprint density at radius 2 is 1.90 bits per heavy atom. The molecular weight excluding hydrogens is 370 g/mol. The number of aromatic nitrogens is 3. The van der Waals surface area contributed by atoms with Gasteiger partial charge in [0.15, 0.2) is 0 Å². The first-order valence-corrected chi connectivity index (χ1v) is 8.79. The van der Waals surface area contributed by atoms with Crippen LogP contribution in [0.15, 0.2) is 72.2 Å². The zero-order valence-corrected chi connectivity index (χ0v) is 15.3. The molecule has 0 saturated carbocycles. The summed E-state index contributed by atoms with van der Waals surface area (Å²) in [6.07, 6.45) is 4.74. The number of anilines is 2. The Kier molecular flexibility index (Phi) is 4.85. The lowest BCUT2D eigenvalue weighted by molar-refractivity contribution is -0.383. The maximum atomic E-state index is 11.2. The van der Waals surface area contributed by atoms with E-state index in [1.54, 1.807) is 6.21 Å². The number of benzene rings is 2. The number of nitro groups is 1. The maximum Gasteiger partial charge on any atom is 0.354 e. The lowest BCUT2D eigenvalue weighted by Crippen LogP contribution is -2.04. The molecule has 0 saturated heterocycles. The van der Waals surface area contributed by atoms with Gasteiger partial charge in [0.1, 0.15) is 6.33 Å². The average Bonchev–Trinajstić information content (AvgIpc) is 3.06. The molecule has 0 bridgehead atoms. The third-order valence-corrected chi connectivity index (χ3v) is 4.42. The summed E-state index contributed by atoms with van der Waals surface area (Å²) in [4.78, 5) is 18.0. The van der Waals surface area contributed by atoms with Crippen molar-refractivity contribution in [1.82, 2.24) is 14.5 Å². The van der Waals surface area contributed by atoms with Gasteiger partial charge in [-0.15, -0.1) is 0 Å². The summed E-state index contributed by atoms with van der Waals surface area (Å²) >= 11 is 0. The van der Waals surface area contributed by atoms with Crippen molar-refractivity contribution in [1.29, 1.82) is 0 Å². The minimum Gasteiger partial charge on any atom is -0.378 e. The van der Waals surface area contributed by atoms with Crippen LogP contribution in [-0.4, -0.2) is 25.7 Å². The van der Waals surface area contributed by atoms with Crippen LogP contribution >= 0.6 is 0 Å². The summed E-state index contributed by atoms with van der Waals surface area (Å²) in [5, 5.41) is 16.3. The van der Waals surface area contributed by atoms with Crippen LogP contribution in [0.5, 0.6) is 0 Å². The molecule has 0 aliphatic rings. The molecule has 0 aliphatic heterocycles. The van der Waals surface area contributed by atoms with Crippen LogP contribution in [-0.2, 0) is 6.54 Å². The second-order valence-electron chi connectivity index (χ2n) is 6.30. The molecule has 9 heteroatoms. The van der Waals surface area contributed by atoms with Gasteiger partial charge in [0, 0.05) is 29.2 Å². The molecule has 0 unspecified atom stereocenters. The molecule has 4 rings (SSSR count). The fourth-order valence-electron chi connectivity index (χ4n) is 3.11. The van der Waals surface area contributed by atoms with Gasteiger partial charge in [-0.2, -0.15) is 5.10 Å². The fraction of sp³-hybridized carbons (Fsp3) is 0.0500. The number of rotatable bonds is 6. The van der Waals surface area contributed by atoms with Crippen molar-refractivity contribution in [2.24, 2.45) is 5.10 Å². The molecule has 3 N–H and O–H groups in total. The Hall–Kier alpha value is -4.27. The number of nitrogens with zero attached hydrogens (tertiary/aromatic N) is 5. The second-order valence-corrected chi connectivity index (χ2v) is 6.30. The Balaban J connectivity index is 1.64. The molecule has 9 nitrogen and oxygen atoms in total. The van der Waals surface area contributed by atoms with Crippen molar-refractivity contribution in [3.8, 4) is 0 Å². The fourth-order valence-corrected chi connectivity index (χ4v) is 3.11. The molecule has 0 spiro atoms. The van der Waals surface area contributed by atoms with Gasteiger partial charge < -0.3 is 10.3 Å². The van der Waals surface area contributed by atoms with E-state index in [4.69, 9.17) is 5.73 Å². The van der Waals surface area contributed by atoms with Gasteiger partial charge in [0.25, 0.3) is 0 Å². The normalized spacial score (nSPS) is 11.2. The zero-order valence-electron chi connectivity index (χ0n) is 15.3. The average molecular weight is 387 g/mol. The first-order valence-electron chi connectivity index (χ1n) is 8.79. The van der Waals surface area contributed by atoms with Crippen LogP contribution in [0.2, 0.25) is 0 Å². The lowest BCUT2D eigenvalue weighted by Gasteiger charge is -2.05. The molecule has 2 aromatic heterocycles. The first-order chi connectivity index (χ1) is 14.1. The van der Waals surface area contributed by atoms with E-state index in [2.05, 4.69) is 37.2 Å². The monoisotopic (exact) mass is 387 g/mol. The van der Waals surface area contributed by atoms with E-state index in [1.807, 2.05) is 48.7 Å². The van der Waals surface area contributed by atoms with E-state index in [1.165, 1.54) is 5.56 Å². The summed E-state index contributed by atoms with van der Waals surface area (Å²) in [5.74, 6) is -0.283. The third kappa shape index (κ3) is 3.74. The lowest BCUT2D eigenvalue weighted by atomic mass is 10.2. The van der Waals surface area contributed by atoms with Gasteiger partial charge in [-0.1, -0.05) is 48.5 Å². The number of fused-ring (bicyclic) bond motifs is 1. The highest BCUT2D eigenvalue weighted by molar-refractivity contribution is 5.99. The van der Waals surface area contributed by atoms with E-state index in [9.17, 15) is 10.1 Å². The zero-order chi connectivity index (χ0) is 20.2. The smallest absolute Gasteiger partial charge is 0.354 e. The highest BCUT2D eigenvalue weighted by Gasteiger charge is 2.20. The van der Waals surface area contributed by atoms with Crippen LogP contribution in [0.4, 0.5) is 17.3 Å². The predicted octanol–water partition coefficient (Wildman–Crippen LogP) is 3.42. The minimum atomic E-state index is -0.640. The molecular formula is C20H17N7O2. The van der Waals surface area contributed by atoms with Crippen molar-refractivity contribution in [2.45, 2.75) is 6.54 Å². The van der Waals surface area contributed by atoms with E-state index < -0.39 is 10.6 Å². The molecule has 2 heterocycles. The molecule has 0 amide bonds. The minimum absolute atomic E-state index is 0.0632. The van der Waals surface area contributed by atoms with Crippen LogP contribution < -0.4 is 11.2 Å². The third-order valence-electron chi connectivity index (χ3n) is 4.42. The molecule has 0 radical (unpaired) electrons. The molecule has 4 aromatic rings. The largest absolute Gasteiger partial charge is 0.378 e. The van der Waals surface area contributed by atoms with Gasteiger partial charge in [-0.3, -0.25) is 15.5 Å². The molecule has 2 aromatic carbocycles. The summed E-state index contributed by atoms with van der Waals surface area (Å²) in [7, 11) is 0. The van der Waals surface area contributed by atoms with E-state index in [-0.39, 0.29) is 11.6 Å². The Morgan fingerprint density at radius 3 is 2.69 bits per heavy atom. The standard InChI is InChI=1S/C20H17N7O2/c21-19-18(27(28)29)20(23-13-22-19)25-24-10-15-12-26(11-14-6-2-1-3-7-14)17-9-5-4-8-16(15)17/h1-10,12-13H,11H2,(H3,21,22,23,25)/b24-10-. The van der Waals surface area contributed by atoms with Gasteiger partial charge in [0.2, 0.25) is 11.6 Å². The number of nitrogens with one attached hydrogen (secondary N) is 1. The van der Waals surface area contributed by atoms with E-state index in [0.717, 1.165) is 29.3 Å². The van der Waals surface area contributed by atoms with Gasteiger partial charge >= 0.3 is 5.69 Å². The summed E-state index contributed by atoms with van der Waals surface area (Å²) in [6, 6.07) is 18.1. The molecule has 0 atom stereocenters. The number of nitrogens with two attached hydrogens (primary N) is 1.